The van der Waals surface area contributed by atoms with Gasteiger partial charge in [0.2, 0.25) is 0 Å². The van der Waals surface area contributed by atoms with E-state index in [1.54, 1.807) is 12.3 Å². The Labute approximate surface area is 185 Å². The van der Waals surface area contributed by atoms with E-state index in [0.717, 1.165) is 6.26 Å². The van der Waals surface area contributed by atoms with Crippen molar-refractivity contribution in [3.05, 3.63) is 23.5 Å². The molecule has 1 atom stereocenters. The topological polar surface area (TPSA) is 138 Å². The summed E-state index contributed by atoms with van der Waals surface area (Å²) in [4.78, 5) is 38.7. The van der Waals surface area contributed by atoms with Crippen LogP contribution in [0.5, 0.6) is 0 Å². The number of aromatic nitrogens is 1. The highest BCUT2D eigenvalue weighted by molar-refractivity contribution is 7.92. The van der Waals surface area contributed by atoms with Gasteiger partial charge in [0.25, 0.3) is 5.91 Å². The second-order valence-corrected chi connectivity index (χ2v) is 10.0. The lowest BCUT2D eigenvalue weighted by molar-refractivity contribution is -0.131. The van der Waals surface area contributed by atoms with Gasteiger partial charge in [-0.25, -0.2) is 23.5 Å². The van der Waals surface area contributed by atoms with Crippen LogP contribution in [0, 0.1) is 23.7 Å². The number of hydrogen-bond donors (Lipinski definition) is 2. The smallest absolute Gasteiger partial charge is 0.410 e. The molecular formula is C20H22N4O7S. The molecule has 0 unspecified atom stereocenters. The zero-order valence-electron chi connectivity index (χ0n) is 17.5. The van der Waals surface area contributed by atoms with Crippen LogP contribution in [0.2, 0.25) is 0 Å². The van der Waals surface area contributed by atoms with E-state index >= 15 is 0 Å². The molecule has 0 radical (unpaired) electrons. The van der Waals surface area contributed by atoms with Gasteiger partial charge in [-0.3, -0.25) is 19.5 Å². The highest BCUT2D eigenvalue weighted by atomic mass is 32.2. The molecule has 1 aromatic heterocycles. The van der Waals surface area contributed by atoms with Crippen LogP contribution in [0.15, 0.2) is 12.3 Å². The zero-order chi connectivity index (χ0) is 23.5. The van der Waals surface area contributed by atoms with Crippen LogP contribution >= 0.6 is 0 Å². The van der Waals surface area contributed by atoms with Crippen molar-refractivity contribution < 1.29 is 32.7 Å². The summed E-state index contributed by atoms with van der Waals surface area (Å²) in [5.41, 5.74) is 2.64. The Morgan fingerprint density at radius 2 is 2.06 bits per heavy atom. The fourth-order valence-corrected chi connectivity index (χ4v) is 4.10. The van der Waals surface area contributed by atoms with Gasteiger partial charge in [0, 0.05) is 30.3 Å². The third-order valence-corrected chi connectivity index (χ3v) is 7.49. The number of carbonyl (C=O) groups is 3. The van der Waals surface area contributed by atoms with Gasteiger partial charge >= 0.3 is 12.1 Å². The van der Waals surface area contributed by atoms with Gasteiger partial charge in [-0.05, 0) is 31.3 Å². The van der Waals surface area contributed by atoms with E-state index in [4.69, 9.17) is 9.94 Å². The van der Waals surface area contributed by atoms with Crippen LogP contribution in [0.25, 0.3) is 0 Å². The average molecular weight is 462 g/mol. The zero-order valence-corrected chi connectivity index (χ0v) is 18.4. The van der Waals surface area contributed by atoms with Crippen molar-refractivity contribution in [3.63, 3.8) is 0 Å². The van der Waals surface area contributed by atoms with Gasteiger partial charge in [-0.15, -0.1) is 0 Å². The third kappa shape index (κ3) is 4.56. The van der Waals surface area contributed by atoms with Crippen molar-refractivity contribution in [1.82, 2.24) is 19.8 Å². The second kappa shape index (κ2) is 8.94. The summed E-state index contributed by atoms with van der Waals surface area (Å²) < 4.78 is 28.4. The van der Waals surface area contributed by atoms with Crippen molar-refractivity contribution in [2.45, 2.75) is 24.6 Å². The predicted octanol–water partition coefficient (Wildman–Crippen LogP) is -0.222. The number of rotatable bonds is 6. The molecule has 0 aromatic carbocycles. The minimum Gasteiger partial charge on any atom is -0.448 e. The number of amides is 3. The molecule has 1 saturated heterocycles. The quantitative estimate of drug-likeness (QED) is 0.339. The van der Waals surface area contributed by atoms with Gasteiger partial charge in [0.05, 0.1) is 19.6 Å². The molecule has 3 rings (SSSR count). The molecular weight excluding hydrogens is 440 g/mol. The lowest BCUT2D eigenvalue weighted by Gasteiger charge is -2.27. The van der Waals surface area contributed by atoms with Gasteiger partial charge in [0.1, 0.15) is 6.61 Å². The predicted molar refractivity (Wildman–Crippen MR) is 111 cm³/mol. The summed E-state index contributed by atoms with van der Waals surface area (Å²) >= 11 is 0. The molecule has 0 aliphatic carbocycles. The van der Waals surface area contributed by atoms with Crippen LogP contribution < -0.4 is 5.48 Å². The van der Waals surface area contributed by atoms with Gasteiger partial charge < -0.3 is 9.64 Å². The fourth-order valence-electron chi connectivity index (χ4n) is 3.25. The van der Waals surface area contributed by atoms with Crippen molar-refractivity contribution in [2.24, 2.45) is 0 Å². The van der Waals surface area contributed by atoms with E-state index < -0.39 is 26.6 Å². The number of ether oxygens (including phenoxy) is 1. The van der Waals surface area contributed by atoms with Gasteiger partial charge in [-0.1, -0.05) is 11.8 Å². The summed E-state index contributed by atoms with van der Waals surface area (Å²) in [6.07, 6.45) is 1.89. The molecule has 2 N–H and O–H groups in total. The Balaban J connectivity index is 1.61. The highest BCUT2D eigenvalue weighted by Gasteiger charge is 2.44. The van der Waals surface area contributed by atoms with E-state index in [-0.39, 0.29) is 32.1 Å². The monoisotopic (exact) mass is 462 g/mol. The summed E-state index contributed by atoms with van der Waals surface area (Å²) in [6, 6.07) is 1.35. The number of nitrogens with zero attached hydrogens (tertiary/aromatic N) is 3. The molecule has 0 saturated carbocycles. The standard InChI is InChI=1S/C20H22N4O7S/c1-20(17(25)21-28,32(2,29)30)7-9-23-14-16-12-15(13-24(16)18(23)26)6-4-3-5-8-22-10-11-31-19(22)27/h12-13,28H,7-11,14H2,1-2H3,(H,21,25)/t20-/m1/s1. The molecule has 3 heterocycles. The van der Waals surface area contributed by atoms with Crippen LogP contribution in [0.4, 0.5) is 9.59 Å². The number of hydroxylamine groups is 1. The molecule has 170 valence electrons. The van der Waals surface area contributed by atoms with Crippen LogP contribution in [-0.4, -0.2) is 83.3 Å². The van der Waals surface area contributed by atoms with Crippen molar-refractivity contribution in [2.75, 3.05) is 32.5 Å². The summed E-state index contributed by atoms with van der Waals surface area (Å²) in [7, 11) is -3.85. The van der Waals surface area contributed by atoms with Gasteiger partial charge in [0.15, 0.2) is 14.6 Å². The van der Waals surface area contributed by atoms with Crippen molar-refractivity contribution >= 4 is 27.9 Å². The maximum Gasteiger partial charge on any atom is 0.410 e. The van der Waals surface area contributed by atoms with E-state index in [0.29, 0.717) is 24.4 Å². The summed E-state index contributed by atoms with van der Waals surface area (Å²) in [5, 5.41) is 8.89. The average Bonchev–Trinajstić information content (AvgIpc) is 3.41. The number of nitrogens with one attached hydrogen (secondary N) is 1. The molecule has 1 aromatic rings. The second-order valence-electron chi connectivity index (χ2n) is 7.58. The molecule has 3 amide bonds. The minimum absolute atomic E-state index is 0.00290. The van der Waals surface area contributed by atoms with E-state index in [2.05, 4.69) is 23.7 Å². The van der Waals surface area contributed by atoms with Gasteiger partial charge in [-0.2, -0.15) is 0 Å². The molecule has 0 bridgehead atoms. The highest BCUT2D eigenvalue weighted by Crippen LogP contribution is 2.25. The van der Waals surface area contributed by atoms with E-state index in [9.17, 15) is 22.8 Å². The Hall–Kier alpha value is -3.48. The molecule has 1 fully saturated rings. The molecule has 0 spiro atoms. The number of cyclic esters (lactones) is 1. The lowest BCUT2D eigenvalue weighted by atomic mass is 10.1. The normalized spacial score (nSPS) is 17.0. The van der Waals surface area contributed by atoms with Crippen molar-refractivity contribution in [1.29, 1.82) is 0 Å². The summed E-state index contributed by atoms with van der Waals surface area (Å²) in [6.45, 7) is 2.52. The van der Waals surface area contributed by atoms with Crippen LogP contribution in [-0.2, 0) is 25.9 Å². The lowest BCUT2D eigenvalue weighted by Crippen LogP contribution is -2.50. The Kier molecular flexibility index (Phi) is 6.48. The molecule has 11 nitrogen and oxygen atoms in total. The number of sulfone groups is 1. The van der Waals surface area contributed by atoms with Crippen LogP contribution in [0.3, 0.4) is 0 Å². The fraction of sp³-hybridized carbons (Fsp3) is 0.450. The van der Waals surface area contributed by atoms with Crippen LogP contribution in [0.1, 0.15) is 24.6 Å². The largest absolute Gasteiger partial charge is 0.448 e. The first-order valence-corrected chi connectivity index (χ1v) is 11.5. The Morgan fingerprint density at radius 1 is 1.31 bits per heavy atom. The number of fused-ring (bicyclic) bond motifs is 1. The SMILES string of the molecule is C[C@@](CCN1Cc2cc(C#CC#CCN3CCOC3=O)cn2C1=O)(C(=O)NO)S(C)(=O)=O. The van der Waals surface area contributed by atoms with E-state index in [1.807, 2.05) is 0 Å². The minimum atomic E-state index is -3.85. The summed E-state index contributed by atoms with van der Waals surface area (Å²) in [5.74, 6) is 9.88. The van der Waals surface area contributed by atoms with E-state index in [1.165, 1.54) is 26.8 Å². The maximum atomic E-state index is 12.6. The third-order valence-electron chi connectivity index (χ3n) is 5.46. The molecule has 2 aliphatic heterocycles. The molecule has 2 aliphatic rings. The maximum absolute atomic E-state index is 12.6. The Morgan fingerprint density at radius 3 is 2.66 bits per heavy atom. The first kappa shape index (κ1) is 23.2. The molecule has 12 heteroatoms. The number of hydrogen-bond acceptors (Lipinski definition) is 7. The molecule has 32 heavy (non-hydrogen) atoms. The first-order chi connectivity index (χ1) is 15.1. The first-order valence-electron chi connectivity index (χ1n) is 9.62. The Bertz CT molecular complexity index is 1180. The number of carbonyl (C=O) groups excluding carboxylic acids is 3. The van der Waals surface area contributed by atoms with Crippen molar-refractivity contribution in [3.8, 4) is 23.7 Å².